The van der Waals surface area contributed by atoms with E-state index >= 15 is 0 Å². The highest BCUT2D eigenvalue weighted by Crippen LogP contribution is 2.24. The minimum Gasteiger partial charge on any atom is -0.368 e. The van der Waals surface area contributed by atoms with E-state index in [2.05, 4.69) is 18.0 Å². The van der Waals surface area contributed by atoms with Crippen molar-refractivity contribution in [3.8, 4) is 17.2 Å². The Bertz CT molecular complexity index is 1040. The van der Waals surface area contributed by atoms with Crippen molar-refractivity contribution in [2.24, 2.45) is 5.73 Å². The van der Waals surface area contributed by atoms with Crippen molar-refractivity contribution in [2.75, 3.05) is 39.8 Å². The molecule has 7 nitrogen and oxygen atoms in total. The number of carbonyl (C=O) groups is 2. The third kappa shape index (κ3) is 5.46. The fraction of sp³-hybridized carbons (Fsp3) is 0.444. The first kappa shape index (κ1) is 23.9. The fourth-order valence-electron chi connectivity index (χ4n) is 4.92. The third-order valence-electron chi connectivity index (χ3n) is 7.06. The van der Waals surface area contributed by atoms with Gasteiger partial charge in [-0.3, -0.25) is 14.5 Å². The van der Waals surface area contributed by atoms with Crippen LogP contribution in [0.2, 0.25) is 0 Å². The van der Waals surface area contributed by atoms with E-state index in [1.807, 2.05) is 58.3 Å². The highest BCUT2D eigenvalue weighted by atomic mass is 16.2. The van der Waals surface area contributed by atoms with Gasteiger partial charge in [-0.1, -0.05) is 42.8 Å². The maximum Gasteiger partial charge on any atom is 0.253 e. The Labute approximate surface area is 201 Å². The van der Waals surface area contributed by atoms with Crippen LogP contribution < -0.4 is 5.73 Å². The molecular formula is C27H33N5O2. The molecule has 2 N–H and O–H groups in total. The van der Waals surface area contributed by atoms with Crippen molar-refractivity contribution in [3.63, 3.8) is 0 Å². The van der Waals surface area contributed by atoms with Crippen LogP contribution >= 0.6 is 0 Å². The molecular weight excluding hydrogens is 426 g/mol. The van der Waals surface area contributed by atoms with Crippen LogP contribution in [0.15, 0.2) is 48.5 Å². The average molecular weight is 460 g/mol. The molecule has 2 aromatic carbocycles. The van der Waals surface area contributed by atoms with Gasteiger partial charge < -0.3 is 15.5 Å². The summed E-state index contributed by atoms with van der Waals surface area (Å²) in [6.07, 6.45) is 3.23. The first-order valence-corrected chi connectivity index (χ1v) is 12.1. The number of piperidine rings is 1. The molecule has 34 heavy (non-hydrogen) atoms. The Morgan fingerprint density at radius 3 is 2.18 bits per heavy atom. The van der Waals surface area contributed by atoms with Gasteiger partial charge in [0.05, 0.1) is 12.1 Å². The zero-order valence-corrected chi connectivity index (χ0v) is 19.8. The monoisotopic (exact) mass is 459 g/mol. The van der Waals surface area contributed by atoms with E-state index in [1.165, 1.54) is 0 Å². The number of carbonyl (C=O) groups excluding carboxylic acids is 2. The van der Waals surface area contributed by atoms with Crippen LogP contribution in [0.4, 0.5) is 0 Å². The summed E-state index contributed by atoms with van der Waals surface area (Å²) in [6.45, 7) is 4.07. The lowest BCUT2D eigenvalue weighted by atomic mass is 9.95. The van der Waals surface area contributed by atoms with Gasteiger partial charge in [0.15, 0.2) is 0 Å². The Hall–Kier alpha value is -3.21. The van der Waals surface area contributed by atoms with E-state index < -0.39 is 0 Å². The lowest BCUT2D eigenvalue weighted by Gasteiger charge is -2.36. The maximum atomic E-state index is 12.8. The summed E-state index contributed by atoms with van der Waals surface area (Å²) < 4.78 is 0. The second kappa shape index (κ2) is 10.8. The van der Waals surface area contributed by atoms with Crippen LogP contribution in [-0.2, 0) is 11.2 Å². The second-order valence-electron chi connectivity index (χ2n) is 9.37. The van der Waals surface area contributed by atoms with Gasteiger partial charge >= 0.3 is 0 Å². The number of nitriles is 1. The second-order valence-corrected chi connectivity index (χ2v) is 9.37. The Balaban J connectivity index is 1.40. The largest absolute Gasteiger partial charge is 0.368 e. The molecule has 4 rings (SSSR count). The van der Waals surface area contributed by atoms with Gasteiger partial charge in [-0.25, -0.2) is 0 Å². The van der Waals surface area contributed by atoms with E-state index in [1.54, 1.807) is 0 Å². The number of rotatable bonds is 6. The maximum absolute atomic E-state index is 12.8. The molecule has 0 aliphatic carbocycles. The molecule has 0 aromatic heterocycles. The van der Waals surface area contributed by atoms with E-state index in [0.717, 1.165) is 68.7 Å². The molecule has 0 saturated carbocycles. The molecule has 2 heterocycles. The summed E-state index contributed by atoms with van der Waals surface area (Å²) in [7, 11) is 2.08. The van der Waals surface area contributed by atoms with E-state index in [9.17, 15) is 14.9 Å². The number of nitrogens with zero attached hydrogens (tertiary/aromatic N) is 4. The topological polar surface area (TPSA) is 93.7 Å². The lowest BCUT2D eigenvalue weighted by Crippen LogP contribution is -2.52. The van der Waals surface area contributed by atoms with Gasteiger partial charge in [0.1, 0.15) is 6.04 Å². The normalized spacial score (nSPS) is 20.5. The number of likely N-dealkylation sites (tertiary alicyclic amines) is 1. The number of piperazine rings is 1. The third-order valence-corrected chi connectivity index (χ3v) is 7.06. The van der Waals surface area contributed by atoms with Crippen LogP contribution in [0.3, 0.4) is 0 Å². The number of hydrogen-bond acceptors (Lipinski definition) is 5. The SMILES string of the molecule is CN1CCN(C(=O)c2ccc(-c3ccc(C[C@@H](C#N)N4CCCCC4C(N)=O)cc3)cc2)CC1. The van der Waals surface area contributed by atoms with Crippen LogP contribution in [-0.4, -0.2) is 78.4 Å². The number of nitrogens with two attached hydrogens (primary N) is 1. The van der Waals surface area contributed by atoms with Gasteiger partial charge in [-0.15, -0.1) is 0 Å². The first-order chi connectivity index (χ1) is 16.5. The van der Waals surface area contributed by atoms with Crippen LogP contribution in [0.1, 0.15) is 35.2 Å². The van der Waals surface area contributed by atoms with Gasteiger partial charge in [0.25, 0.3) is 5.91 Å². The molecule has 178 valence electrons. The molecule has 2 aromatic rings. The Morgan fingerprint density at radius 2 is 1.59 bits per heavy atom. The summed E-state index contributed by atoms with van der Waals surface area (Å²) in [5.41, 5.74) is 9.46. The summed E-state index contributed by atoms with van der Waals surface area (Å²) in [4.78, 5) is 30.7. The first-order valence-electron chi connectivity index (χ1n) is 12.1. The molecule has 0 radical (unpaired) electrons. The van der Waals surface area contributed by atoms with Crippen molar-refractivity contribution in [1.82, 2.24) is 14.7 Å². The van der Waals surface area contributed by atoms with Crippen molar-refractivity contribution in [2.45, 2.75) is 37.8 Å². The van der Waals surface area contributed by atoms with Gasteiger partial charge in [0.2, 0.25) is 5.91 Å². The number of benzene rings is 2. The summed E-state index contributed by atoms with van der Waals surface area (Å²) in [6, 6.07) is 17.6. The zero-order valence-electron chi connectivity index (χ0n) is 19.8. The van der Waals surface area contributed by atoms with Crippen molar-refractivity contribution >= 4 is 11.8 Å². The molecule has 2 fully saturated rings. The van der Waals surface area contributed by atoms with Crippen LogP contribution in [0.25, 0.3) is 11.1 Å². The standard InChI is InChI=1S/C27H33N5O2/c1-30-14-16-31(17-15-30)27(34)23-11-9-22(10-12-23)21-7-5-20(6-8-21)18-24(19-28)32-13-3-2-4-25(32)26(29)33/h5-12,24-25H,2-4,13-18H2,1H3,(H2,29,33)/t24-,25?/m0/s1. The molecule has 2 atom stereocenters. The molecule has 1 unspecified atom stereocenters. The number of likely N-dealkylation sites (N-methyl/N-ethyl adjacent to an activating group) is 1. The number of primary amides is 1. The molecule has 0 bridgehead atoms. The predicted octanol–water partition coefficient (Wildman–Crippen LogP) is 2.52. The molecule has 2 amide bonds. The van der Waals surface area contributed by atoms with Crippen molar-refractivity contribution in [1.29, 1.82) is 5.26 Å². The van der Waals surface area contributed by atoms with Crippen LogP contribution in [0, 0.1) is 11.3 Å². The van der Waals surface area contributed by atoms with E-state index in [4.69, 9.17) is 5.73 Å². The van der Waals surface area contributed by atoms with Crippen molar-refractivity contribution < 1.29 is 9.59 Å². The van der Waals surface area contributed by atoms with E-state index in [-0.39, 0.29) is 23.9 Å². The molecule has 2 aliphatic rings. The minimum atomic E-state index is -0.372. The minimum absolute atomic E-state index is 0.0875. The molecule has 2 aliphatic heterocycles. The predicted molar refractivity (Wildman–Crippen MR) is 132 cm³/mol. The van der Waals surface area contributed by atoms with Gasteiger partial charge in [0, 0.05) is 44.7 Å². The summed E-state index contributed by atoms with van der Waals surface area (Å²) in [5, 5.41) is 9.77. The molecule has 2 saturated heterocycles. The fourth-order valence-corrected chi connectivity index (χ4v) is 4.92. The lowest BCUT2D eigenvalue weighted by molar-refractivity contribution is -0.125. The van der Waals surface area contributed by atoms with Crippen molar-refractivity contribution in [3.05, 3.63) is 59.7 Å². The quantitative estimate of drug-likeness (QED) is 0.716. The molecule has 7 heteroatoms. The van der Waals surface area contributed by atoms with Gasteiger partial charge in [-0.05, 0) is 48.7 Å². The van der Waals surface area contributed by atoms with Crippen LogP contribution in [0.5, 0.6) is 0 Å². The highest BCUT2D eigenvalue weighted by molar-refractivity contribution is 5.94. The number of amides is 2. The number of hydrogen-bond donors (Lipinski definition) is 1. The Kier molecular flexibility index (Phi) is 7.61. The molecule has 0 spiro atoms. The zero-order chi connectivity index (χ0) is 24.1. The summed E-state index contributed by atoms with van der Waals surface area (Å²) in [5.74, 6) is -0.255. The Morgan fingerprint density at radius 1 is 0.971 bits per heavy atom. The smallest absolute Gasteiger partial charge is 0.253 e. The average Bonchev–Trinajstić information content (AvgIpc) is 2.88. The summed E-state index contributed by atoms with van der Waals surface area (Å²) >= 11 is 0. The highest BCUT2D eigenvalue weighted by Gasteiger charge is 2.32. The van der Waals surface area contributed by atoms with E-state index in [0.29, 0.717) is 12.0 Å². The van der Waals surface area contributed by atoms with Gasteiger partial charge in [-0.2, -0.15) is 5.26 Å².